The van der Waals surface area contributed by atoms with Crippen LogP contribution in [-0.4, -0.2) is 26.8 Å². The Morgan fingerprint density at radius 2 is 2.25 bits per heavy atom. The minimum Gasteiger partial charge on any atom is -0.371 e. The zero-order valence-corrected chi connectivity index (χ0v) is 15.9. The summed E-state index contributed by atoms with van der Waals surface area (Å²) in [7, 11) is 0. The van der Waals surface area contributed by atoms with Gasteiger partial charge in [0.05, 0.1) is 6.20 Å². The van der Waals surface area contributed by atoms with Gasteiger partial charge in [-0.2, -0.15) is 4.98 Å². The number of halogens is 1. The first kappa shape index (κ1) is 18.3. The molecule has 0 aliphatic carbocycles. The Morgan fingerprint density at radius 1 is 1.43 bits per heavy atom. The zero-order chi connectivity index (χ0) is 19.9. The van der Waals surface area contributed by atoms with Crippen molar-refractivity contribution in [2.75, 3.05) is 17.2 Å². The van der Waals surface area contributed by atoms with E-state index in [0.29, 0.717) is 22.3 Å². The molecule has 3 N–H and O–H groups in total. The van der Waals surface area contributed by atoms with Crippen molar-refractivity contribution in [3.8, 4) is 12.3 Å². The third kappa shape index (κ3) is 3.17. The molecule has 1 aliphatic heterocycles. The van der Waals surface area contributed by atoms with Gasteiger partial charge in [0, 0.05) is 24.7 Å². The second kappa shape index (κ2) is 6.82. The second-order valence-electron chi connectivity index (χ2n) is 6.77. The molecule has 142 valence electrons. The van der Waals surface area contributed by atoms with Crippen LogP contribution in [0.4, 0.5) is 17.5 Å². The summed E-state index contributed by atoms with van der Waals surface area (Å²) >= 11 is 6.29. The number of rotatable bonds is 4. The smallest absolute Gasteiger partial charge is 0.222 e. The first-order valence-electron chi connectivity index (χ1n) is 8.71. The maximum Gasteiger partial charge on any atom is 0.222 e. The maximum atomic E-state index is 10.9. The number of nitrogens with two attached hydrogens (primary N) is 1. The van der Waals surface area contributed by atoms with Gasteiger partial charge in [0.2, 0.25) is 5.95 Å². The molecule has 1 atom stereocenters. The van der Waals surface area contributed by atoms with Crippen LogP contribution in [0.2, 0.25) is 5.02 Å². The second-order valence-corrected chi connectivity index (χ2v) is 7.18. The molecule has 28 heavy (non-hydrogen) atoms. The van der Waals surface area contributed by atoms with E-state index in [-0.39, 0.29) is 12.4 Å². The van der Waals surface area contributed by atoms with Crippen LogP contribution in [0, 0.1) is 19.3 Å². The lowest BCUT2D eigenvalue weighted by atomic mass is 9.91. The summed E-state index contributed by atoms with van der Waals surface area (Å²) in [5, 5.41) is 15.2. The number of aliphatic hydroxyl groups is 1. The highest BCUT2D eigenvalue weighted by Gasteiger charge is 2.32. The molecule has 7 nitrogen and oxygen atoms in total. The lowest BCUT2D eigenvalue weighted by Gasteiger charge is -2.22. The van der Waals surface area contributed by atoms with E-state index in [1.54, 1.807) is 13.0 Å². The number of aromatic nitrogens is 3. The van der Waals surface area contributed by atoms with E-state index in [9.17, 15) is 5.11 Å². The molecule has 0 saturated heterocycles. The van der Waals surface area contributed by atoms with E-state index >= 15 is 0 Å². The van der Waals surface area contributed by atoms with Crippen LogP contribution in [-0.2, 0) is 18.4 Å². The number of benzene rings is 1. The summed E-state index contributed by atoms with van der Waals surface area (Å²) in [4.78, 5) is 10.2. The van der Waals surface area contributed by atoms with Crippen LogP contribution < -0.4 is 10.6 Å². The summed E-state index contributed by atoms with van der Waals surface area (Å²) in [6.45, 7) is 2.47. The molecule has 0 amide bonds. The minimum absolute atomic E-state index is 0.159. The van der Waals surface area contributed by atoms with Crippen LogP contribution in [0.25, 0.3) is 0 Å². The topological polar surface area (TPSA) is 101 Å². The van der Waals surface area contributed by atoms with Crippen LogP contribution >= 0.6 is 11.6 Å². The predicted octanol–water partition coefficient (Wildman–Crippen LogP) is 2.77. The molecule has 0 bridgehead atoms. The molecule has 1 unspecified atom stereocenters. The van der Waals surface area contributed by atoms with Crippen molar-refractivity contribution < 1.29 is 9.63 Å². The Bertz CT molecular complexity index is 1090. The fourth-order valence-electron chi connectivity index (χ4n) is 3.39. The van der Waals surface area contributed by atoms with Crippen molar-refractivity contribution in [3.05, 3.63) is 58.1 Å². The molecule has 2 aromatic heterocycles. The van der Waals surface area contributed by atoms with Gasteiger partial charge >= 0.3 is 0 Å². The Morgan fingerprint density at radius 3 is 2.96 bits per heavy atom. The van der Waals surface area contributed by atoms with Gasteiger partial charge in [-0.25, -0.2) is 4.98 Å². The summed E-state index contributed by atoms with van der Waals surface area (Å²) in [5.74, 6) is 3.75. The largest absolute Gasteiger partial charge is 0.371 e. The van der Waals surface area contributed by atoms with Crippen LogP contribution in [0.3, 0.4) is 0 Å². The van der Waals surface area contributed by atoms with Crippen molar-refractivity contribution in [1.29, 1.82) is 0 Å². The molecule has 3 aromatic rings. The van der Waals surface area contributed by atoms with Gasteiger partial charge in [-0.05, 0) is 30.5 Å². The molecule has 0 spiro atoms. The average molecular weight is 396 g/mol. The van der Waals surface area contributed by atoms with E-state index in [4.69, 9.17) is 28.3 Å². The maximum absolute atomic E-state index is 10.9. The number of anilines is 3. The van der Waals surface area contributed by atoms with Crippen LogP contribution in [0.1, 0.15) is 22.6 Å². The highest BCUT2D eigenvalue weighted by atomic mass is 35.5. The first-order chi connectivity index (χ1) is 13.4. The highest BCUT2D eigenvalue weighted by molar-refractivity contribution is 6.33. The standard InChI is InChI=1S/C20H18ClN5O2/c1-3-20(27,17-8-12(2)28-25-17)10-13-4-5-14-6-7-26(16(14)9-13)18-15(21)11-23-19(22)24-18/h1,4-5,8-9,11,27H,6-7,10H2,2H3,(H2,22,23,24). The molecule has 4 rings (SSSR count). The molecule has 0 radical (unpaired) electrons. The summed E-state index contributed by atoms with van der Waals surface area (Å²) in [6, 6.07) is 7.59. The lowest BCUT2D eigenvalue weighted by molar-refractivity contribution is 0.0919. The van der Waals surface area contributed by atoms with E-state index in [2.05, 4.69) is 21.0 Å². The third-order valence-corrected chi connectivity index (χ3v) is 5.06. The van der Waals surface area contributed by atoms with E-state index in [0.717, 1.165) is 29.8 Å². The number of fused-ring (bicyclic) bond motifs is 1. The first-order valence-corrected chi connectivity index (χ1v) is 9.09. The van der Waals surface area contributed by atoms with Gasteiger partial charge in [0.1, 0.15) is 16.5 Å². The number of nitrogen functional groups attached to an aromatic ring is 1. The third-order valence-electron chi connectivity index (χ3n) is 4.80. The molecular formula is C20H18ClN5O2. The van der Waals surface area contributed by atoms with Crippen molar-refractivity contribution >= 4 is 29.1 Å². The van der Waals surface area contributed by atoms with Crippen molar-refractivity contribution in [3.63, 3.8) is 0 Å². The Kier molecular flexibility index (Phi) is 4.46. The predicted molar refractivity (Wildman–Crippen MR) is 106 cm³/mol. The molecule has 0 fully saturated rings. The highest BCUT2D eigenvalue weighted by Crippen LogP contribution is 2.38. The van der Waals surface area contributed by atoms with Gasteiger partial charge < -0.3 is 20.3 Å². The lowest BCUT2D eigenvalue weighted by Crippen LogP contribution is -2.27. The number of aryl methyl sites for hydroxylation is 1. The number of hydrogen-bond donors (Lipinski definition) is 2. The average Bonchev–Trinajstić information content (AvgIpc) is 3.30. The Labute approximate surface area is 167 Å². The molecule has 1 aliphatic rings. The Balaban J connectivity index is 1.69. The number of terminal acetylenes is 1. The molecular weight excluding hydrogens is 378 g/mol. The SMILES string of the molecule is C#CC(O)(Cc1ccc2c(c1)N(c1nc(N)ncc1Cl)CC2)c1cc(C)on1. The Hall–Kier alpha value is -3.08. The van der Waals surface area contributed by atoms with Crippen molar-refractivity contribution in [2.45, 2.75) is 25.4 Å². The van der Waals surface area contributed by atoms with E-state index in [1.807, 2.05) is 23.1 Å². The zero-order valence-electron chi connectivity index (χ0n) is 15.2. The number of nitrogens with zero attached hydrogens (tertiary/aromatic N) is 4. The molecule has 8 heteroatoms. The minimum atomic E-state index is -1.56. The van der Waals surface area contributed by atoms with Crippen molar-refractivity contribution in [1.82, 2.24) is 15.1 Å². The molecule has 3 heterocycles. The fourth-order valence-corrected chi connectivity index (χ4v) is 3.58. The number of hydrogen-bond acceptors (Lipinski definition) is 7. The van der Waals surface area contributed by atoms with Crippen LogP contribution in [0.15, 0.2) is 35.0 Å². The molecule has 1 aromatic carbocycles. The van der Waals surface area contributed by atoms with Gasteiger partial charge in [-0.3, -0.25) is 0 Å². The van der Waals surface area contributed by atoms with Gasteiger partial charge in [0.15, 0.2) is 11.4 Å². The fraction of sp³-hybridized carbons (Fsp3) is 0.250. The van der Waals surface area contributed by atoms with Gasteiger partial charge in [-0.1, -0.05) is 34.8 Å². The van der Waals surface area contributed by atoms with Crippen LogP contribution in [0.5, 0.6) is 0 Å². The van der Waals surface area contributed by atoms with E-state index < -0.39 is 5.60 Å². The van der Waals surface area contributed by atoms with Crippen molar-refractivity contribution in [2.24, 2.45) is 0 Å². The van der Waals surface area contributed by atoms with Gasteiger partial charge in [-0.15, -0.1) is 6.42 Å². The van der Waals surface area contributed by atoms with Gasteiger partial charge in [0.25, 0.3) is 0 Å². The monoisotopic (exact) mass is 395 g/mol. The summed E-state index contributed by atoms with van der Waals surface area (Å²) in [6.07, 6.45) is 8.15. The summed E-state index contributed by atoms with van der Waals surface area (Å²) in [5.41, 5.74) is 7.44. The normalized spacial score (nSPS) is 15.1. The quantitative estimate of drug-likeness (QED) is 0.655. The molecule has 0 saturated carbocycles. The van der Waals surface area contributed by atoms with E-state index in [1.165, 1.54) is 6.20 Å². The summed E-state index contributed by atoms with van der Waals surface area (Å²) < 4.78 is 5.07.